The maximum atomic E-state index is 12.6. The van der Waals surface area contributed by atoms with E-state index in [-0.39, 0.29) is 12.8 Å². The van der Waals surface area contributed by atoms with E-state index in [4.69, 9.17) is 9.47 Å². The molecule has 2 amide bonds. The number of carbonyl (C=O) groups excluding carboxylic acids is 1. The van der Waals surface area contributed by atoms with E-state index in [1.54, 1.807) is 4.90 Å². The number of hydrogen-bond acceptors (Lipinski definition) is 4. The van der Waals surface area contributed by atoms with E-state index in [2.05, 4.69) is 11.4 Å². The monoisotopic (exact) mass is 355 g/mol. The summed E-state index contributed by atoms with van der Waals surface area (Å²) in [4.78, 5) is 16.4. The van der Waals surface area contributed by atoms with Crippen LogP contribution in [-0.2, 0) is 13.1 Å². The molecule has 0 saturated heterocycles. The maximum absolute atomic E-state index is 12.6. The van der Waals surface area contributed by atoms with Gasteiger partial charge in [0.2, 0.25) is 6.79 Å². The molecule has 0 radical (unpaired) electrons. The van der Waals surface area contributed by atoms with Crippen LogP contribution in [0.15, 0.2) is 42.5 Å². The minimum atomic E-state index is -0.0829. The van der Waals surface area contributed by atoms with Crippen LogP contribution >= 0.6 is 0 Å². The van der Waals surface area contributed by atoms with Crippen LogP contribution in [-0.4, -0.2) is 38.4 Å². The molecule has 0 unspecified atom stereocenters. The third-order valence-corrected chi connectivity index (χ3v) is 4.35. The van der Waals surface area contributed by atoms with Gasteiger partial charge < -0.3 is 24.6 Å². The second-order valence-electron chi connectivity index (χ2n) is 6.42. The predicted octanol–water partition coefficient (Wildman–Crippen LogP) is 3.21. The number of benzene rings is 2. The molecule has 0 spiro atoms. The number of hydrogen-bond donors (Lipinski definition) is 1. The Hall–Kier alpha value is -2.89. The van der Waals surface area contributed by atoms with Gasteiger partial charge in [-0.2, -0.15) is 0 Å². The molecule has 0 aromatic heterocycles. The largest absolute Gasteiger partial charge is 0.454 e. The van der Waals surface area contributed by atoms with Crippen molar-refractivity contribution in [1.82, 2.24) is 10.2 Å². The first-order valence-electron chi connectivity index (χ1n) is 8.74. The van der Waals surface area contributed by atoms with E-state index < -0.39 is 0 Å². The van der Waals surface area contributed by atoms with Crippen molar-refractivity contribution in [3.8, 4) is 11.5 Å². The van der Waals surface area contributed by atoms with Gasteiger partial charge in [-0.3, -0.25) is 0 Å². The summed E-state index contributed by atoms with van der Waals surface area (Å²) >= 11 is 0. The molecule has 26 heavy (non-hydrogen) atoms. The summed E-state index contributed by atoms with van der Waals surface area (Å²) in [5, 5.41) is 3.00. The van der Waals surface area contributed by atoms with Gasteiger partial charge in [0.05, 0.1) is 0 Å². The highest BCUT2D eigenvalue weighted by atomic mass is 16.7. The maximum Gasteiger partial charge on any atom is 0.317 e. The average Bonchev–Trinajstić information content (AvgIpc) is 3.12. The van der Waals surface area contributed by atoms with Crippen LogP contribution in [0.5, 0.6) is 11.5 Å². The molecule has 3 rings (SSSR count). The molecular weight excluding hydrogens is 330 g/mol. The Labute approximate surface area is 154 Å². The Kier molecular flexibility index (Phi) is 5.51. The van der Waals surface area contributed by atoms with Crippen LogP contribution in [0.1, 0.15) is 18.1 Å². The molecule has 0 fully saturated rings. The molecule has 0 bridgehead atoms. The van der Waals surface area contributed by atoms with Gasteiger partial charge in [0.1, 0.15) is 0 Å². The molecule has 1 N–H and O–H groups in total. The molecule has 0 atom stereocenters. The normalized spacial score (nSPS) is 12.0. The van der Waals surface area contributed by atoms with Crippen LogP contribution in [0.4, 0.5) is 10.5 Å². The van der Waals surface area contributed by atoms with Gasteiger partial charge >= 0.3 is 6.03 Å². The summed E-state index contributed by atoms with van der Waals surface area (Å²) in [7, 11) is 4.00. The van der Waals surface area contributed by atoms with Crippen LogP contribution in [0.3, 0.4) is 0 Å². The second-order valence-corrected chi connectivity index (χ2v) is 6.42. The lowest BCUT2D eigenvalue weighted by Crippen LogP contribution is -2.39. The SMILES string of the molecule is CCN(Cc1ccc2c(c1)OCO2)C(=O)NCc1cccc(N(C)C)c1. The van der Waals surface area contributed by atoms with Gasteiger partial charge in [-0.15, -0.1) is 0 Å². The second kappa shape index (κ2) is 7.99. The first-order valence-corrected chi connectivity index (χ1v) is 8.74. The topological polar surface area (TPSA) is 54.0 Å². The van der Waals surface area contributed by atoms with Crippen molar-refractivity contribution < 1.29 is 14.3 Å². The zero-order valence-corrected chi connectivity index (χ0v) is 15.5. The van der Waals surface area contributed by atoms with E-state index >= 15 is 0 Å². The summed E-state index contributed by atoms with van der Waals surface area (Å²) in [6.07, 6.45) is 0. The van der Waals surface area contributed by atoms with Crippen molar-refractivity contribution in [2.75, 3.05) is 32.3 Å². The van der Waals surface area contributed by atoms with Gasteiger partial charge in [-0.05, 0) is 42.3 Å². The van der Waals surface area contributed by atoms with Crippen molar-refractivity contribution in [3.63, 3.8) is 0 Å². The fraction of sp³-hybridized carbons (Fsp3) is 0.350. The highest BCUT2D eigenvalue weighted by Crippen LogP contribution is 2.32. The Morgan fingerprint density at radius 2 is 1.88 bits per heavy atom. The van der Waals surface area contributed by atoms with E-state index in [1.807, 2.05) is 62.3 Å². The molecule has 6 nitrogen and oxygen atoms in total. The Morgan fingerprint density at radius 3 is 2.65 bits per heavy atom. The Bertz CT molecular complexity index is 777. The van der Waals surface area contributed by atoms with Gasteiger partial charge in [0.25, 0.3) is 0 Å². The number of nitrogens with one attached hydrogen (secondary N) is 1. The van der Waals surface area contributed by atoms with E-state index in [9.17, 15) is 4.79 Å². The van der Waals surface area contributed by atoms with Crippen molar-refractivity contribution in [2.24, 2.45) is 0 Å². The van der Waals surface area contributed by atoms with Gasteiger partial charge in [-0.1, -0.05) is 18.2 Å². The van der Waals surface area contributed by atoms with Crippen molar-refractivity contribution in [3.05, 3.63) is 53.6 Å². The molecule has 0 saturated carbocycles. The number of carbonyl (C=O) groups is 1. The molecule has 0 aliphatic carbocycles. The number of fused-ring (bicyclic) bond motifs is 1. The van der Waals surface area contributed by atoms with Crippen LogP contribution in [0, 0.1) is 0 Å². The van der Waals surface area contributed by atoms with E-state index in [0.717, 1.165) is 28.3 Å². The van der Waals surface area contributed by atoms with E-state index in [0.29, 0.717) is 19.6 Å². The van der Waals surface area contributed by atoms with Crippen LogP contribution < -0.4 is 19.7 Å². The zero-order valence-electron chi connectivity index (χ0n) is 15.5. The third kappa shape index (κ3) is 4.20. The first-order chi connectivity index (χ1) is 12.6. The third-order valence-electron chi connectivity index (χ3n) is 4.35. The minimum Gasteiger partial charge on any atom is -0.454 e. The van der Waals surface area contributed by atoms with Crippen molar-refractivity contribution in [1.29, 1.82) is 0 Å². The molecule has 2 aromatic rings. The molecule has 6 heteroatoms. The smallest absolute Gasteiger partial charge is 0.317 e. The fourth-order valence-electron chi connectivity index (χ4n) is 2.82. The lowest BCUT2D eigenvalue weighted by atomic mass is 10.2. The molecule has 1 aliphatic heterocycles. The molecule has 1 heterocycles. The average molecular weight is 355 g/mol. The number of rotatable bonds is 6. The van der Waals surface area contributed by atoms with Gasteiger partial charge in [-0.25, -0.2) is 4.79 Å². The molecule has 138 valence electrons. The van der Waals surface area contributed by atoms with E-state index in [1.165, 1.54) is 0 Å². The summed E-state index contributed by atoms with van der Waals surface area (Å²) < 4.78 is 10.7. The van der Waals surface area contributed by atoms with Crippen LogP contribution in [0.2, 0.25) is 0 Å². The Morgan fingerprint density at radius 1 is 1.08 bits per heavy atom. The minimum absolute atomic E-state index is 0.0829. The zero-order chi connectivity index (χ0) is 18.5. The number of urea groups is 1. The highest BCUT2D eigenvalue weighted by molar-refractivity contribution is 5.74. The summed E-state index contributed by atoms with van der Waals surface area (Å²) in [5.41, 5.74) is 3.20. The fourth-order valence-corrected chi connectivity index (χ4v) is 2.82. The molecule has 1 aliphatic rings. The number of nitrogens with zero attached hydrogens (tertiary/aromatic N) is 2. The lowest BCUT2D eigenvalue weighted by Gasteiger charge is -2.22. The lowest BCUT2D eigenvalue weighted by molar-refractivity contribution is 0.173. The summed E-state index contributed by atoms with van der Waals surface area (Å²) in [6, 6.07) is 13.8. The van der Waals surface area contributed by atoms with Gasteiger partial charge in [0.15, 0.2) is 11.5 Å². The highest BCUT2D eigenvalue weighted by Gasteiger charge is 2.16. The summed E-state index contributed by atoms with van der Waals surface area (Å²) in [5.74, 6) is 1.49. The number of ether oxygens (including phenoxy) is 2. The standard InChI is InChI=1S/C20H25N3O3/c1-4-23(13-16-8-9-18-19(11-16)26-14-25-18)20(24)21-12-15-6-5-7-17(10-15)22(2)3/h5-11H,4,12-14H2,1-3H3,(H,21,24). The number of anilines is 1. The van der Waals surface area contributed by atoms with Gasteiger partial charge in [0, 0.05) is 39.4 Å². The summed E-state index contributed by atoms with van der Waals surface area (Å²) in [6.45, 7) is 3.87. The molecular formula is C20H25N3O3. The molecule has 2 aromatic carbocycles. The van der Waals surface area contributed by atoms with Crippen molar-refractivity contribution in [2.45, 2.75) is 20.0 Å². The van der Waals surface area contributed by atoms with Crippen LogP contribution in [0.25, 0.3) is 0 Å². The first kappa shape index (κ1) is 17.9. The Balaban J connectivity index is 1.59. The van der Waals surface area contributed by atoms with Crippen molar-refractivity contribution >= 4 is 11.7 Å². The quantitative estimate of drug-likeness (QED) is 0.864. The number of amides is 2. The predicted molar refractivity (Wildman–Crippen MR) is 102 cm³/mol.